The van der Waals surface area contributed by atoms with E-state index in [1.54, 1.807) is 11.8 Å². The predicted octanol–water partition coefficient (Wildman–Crippen LogP) is 4.78. The molecule has 1 saturated carbocycles. The highest BCUT2D eigenvalue weighted by Gasteiger charge is 2.35. The van der Waals surface area contributed by atoms with Crippen molar-refractivity contribution in [3.8, 4) is 0 Å². The molecule has 1 amide bonds. The number of carbonyl (C=O) groups is 1. The van der Waals surface area contributed by atoms with Crippen molar-refractivity contribution < 1.29 is 4.79 Å². The average molecular weight is 334 g/mol. The number of thioether (sulfide) groups is 1. The fraction of sp³-hybridized carbons (Fsp3) is 0.650. The van der Waals surface area contributed by atoms with Gasteiger partial charge in [0.1, 0.15) is 0 Å². The zero-order valence-electron chi connectivity index (χ0n) is 15.0. The fourth-order valence-electron chi connectivity index (χ4n) is 3.76. The number of carbonyl (C=O) groups excluding carboxylic acids is 1. The Morgan fingerprint density at radius 2 is 1.96 bits per heavy atom. The quantitative estimate of drug-likeness (QED) is 0.759. The Bertz CT molecular complexity index is 497. The first-order chi connectivity index (χ1) is 11.0. The van der Waals surface area contributed by atoms with E-state index in [0.717, 1.165) is 19.4 Å². The number of hydrogen-bond donors (Lipinski definition) is 1. The van der Waals surface area contributed by atoms with Crippen molar-refractivity contribution in [2.24, 2.45) is 23.7 Å². The van der Waals surface area contributed by atoms with Crippen LogP contribution < -0.4 is 5.32 Å². The molecule has 0 spiro atoms. The summed E-state index contributed by atoms with van der Waals surface area (Å²) in [5, 5.41) is 3.19. The Labute approximate surface area is 145 Å². The van der Waals surface area contributed by atoms with E-state index >= 15 is 0 Å². The molecule has 2 rings (SSSR count). The highest BCUT2D eigenvalue weighted by Crippen LogP contribution is 2.38. The van der Waals surface area contributed by atoms with Crippen LogP contribution in [0, 0.1) is 23.7 Å². The summed E-state index contributed by atoms with van der Waals surface area (Å²) in [4.78, 5) is 13.9. The lowest BCUT2D eigenvalue weighted by atomic mass is 9.70. The molecule has 1 aliphatic rings. The average Bonchev–Trinajstić information content (AvgIpc) is 2.55. The van der Waals surface area contributed by atoms with E-state index in [4.69, 9.17) is 0 Å². The van der Waals surface area contributed by atoms with Gasteiger partial charge in [0.05, 0.1) is 0 Å². The monoisotopic (exact) mass is 333 g/mol. The van der Waals surface area contributed by atoms with Gasteiger partial charge < -0.3 is 5.32 Å². The smallest absolute Gasteiger partial charge is 0.223 e. The van der Waals surface area contributed by atoms with Crippen molar-refractivity contribution in [2.45, 2.75) is 51.3 Å². The van der Waals surface area contributed by atoms with E-state index in [1.807, 2.05) is 0 Å². The van der Waals surface area contributed by atoms with Crippen LogP contribution in [0.5, 0.6) is 0 Å². The summed E-state index contributed by atoms with van der Waals surface area (Å²) in [5.41, 5.74) is 1.29. The molecular weight excluding hydrogens is 302 g/mol. The third-order valence-corrected chi connectivity index (χ3v) is 5.97. The number of hydrogen-bond acceptors (Lipinski definition) is 2. The van der Waals surface area contributed by atoms with Gasteiger partial charge in [-0.15, -0.1) is 11.8 Å². The van der Waals surface area contributed by atoms with Crippen LogP contribution in [0.4, 0.5) is 0 Å². The maximum Gasteiger partial charge on any atom is 0.223 e. The standard InChI is InChI=1S/C20H31NOS/c1-14(2)18-10-5-15(3)13-19(18)20(22)21-12-11-16-6-8-17(23-4)9-7-16/h6-9,14-15,18-19H,5,10-13H2,1-4H3,(H,21,22)/t15-,18?,19?/m1/s1. The zero-order chi connectivity index (χ0) is 16.8. The maximum absolute atomic E-state index is 12.6. The van der Waals surface area contributed by atoms with Crippen molar-refractivity contribution in [3.63, 3.8) is 0 Å². The molecule has 128 valence electrons. The van der Waals surface area contributed by atoms with Crippen molar-refractivity contribution in [1.82, 2.24) is 5.32 Å². The SMILES string of the molecule is CSc1ccc(CCNC(=O)C2C[C@H](C)CCC2C(C)C)cc1. The van der Waals surface area contributed by atoms with Crippen LogP contribution >= 0.6 is 11.8 Å². The normalized spacial score (nSPS) is 24.7. The molecule has 2 nitrogen and oxygen atoms in total. The third-order valence-electron chi connectivity index (χ3n) is 5.23. The van der Waals surface area contributed by atoms with Crippen molar-refractivity contribution >= 4 is 17.7 Å². The first-order valence-corrected chi connectivity index (χ1v) is 10.1. The summed E-state index contributed by atoms with van der Waals surface area (Å²) in [6.07, 6.45) is 6.53. The van der Waals surface area contributed by atoms with E-state index in [9.17, 15) is 4.79 Å². The Balaban J connectivity index is 1.84. The van der Waals surface area contributed by atoms with Crippen LogP contribution in [0.3, 0.4) is 0 Å². The van der Waals surface area contributed by atoms with Gasteiger partial charge >= 0.3 is 0 Å². The van der Waals surface area contributed by atoms with E-state index in [0.29, 0.717) is 17.8 Å². The van der Waals surface area contributed by atoms with E-state index in [-0.39, 0.29) is 11.8 Å². The Morgan fingerprint density at radius 1 is 1.26 bits per heavy atom. The van der Waals surface area contributed by atoms with Gasteiger partial charge in [-0.3, -0.25) is 4.79 Å². The molecule has 2 unspecified atom stereocenters. The highest BCUT2D eigenvalue weighted by atomic mass is 32.2. The molecule has 1 aromatic carbocycles. The molecule has 0 aliphatic heterocycles. The molecule has 0 heterocycles. The lowest BCUT2D eigenvalue weighted by Gasteiger charge is -2.36. The zero-order valence-corrected chi connectivity index (χ0v) is 15.8. The van der Waals surface area contributed by atoms with E-state index in [2.05, 4.69) is 56.6 Å². The van der Waals surface area contributed by atoms with Gasteiger partial charge in [-0.1, -0.05) is 39.3 Å². The number of nitrogens with one attached hydrogen (secondary N) is 1. The summed E-state index contributed by atoms with van der Waals surface area (Å²) in [6.45, 7) is 7.54. The van der Waals surface area contributed by atoms with Crippen molar-refractivity contribution in [2.75, 3.05) is 12.8 Å². The van der Waals surface area contributed by atoms with E-state index in [1.165, 1.54) is 23.3 Å². The molecule has 1 aliphatic carbocycles. The van der Waals surface area contributed by atoms with Crippen LogP contribution in [0.2, 0.25) is 0 Å². The third kappa shape index (κ3) is 5.27. The van der Waals surface area contributed by atoms with Gasteiger partial charge in [0, 0.05) is 17.4 Å². The first kappa shape index (κ1) is 18.4. The molecule has 23 heavy (non-hydrogen) atoms. The minimum absolute atomic E-state index is 0.206. The highest BCUT2D eigenvalue weighted by molar-refractivity contribution is 7.98. The summed E-state index contributed by atoms with van der Waals surface area (Å²) in [6, 6.07) is 8.63. The van der Waals surface area contributed by atoms with Crippen LogP contribution in [0.15, 0.2) is 29.2 Å². The second kappa shape index (κ2) is 8.77. The molecule has 0 radical (unpaired) electrons. The topological polar surface area (TPSA) is 29.1 Å². The molecule has 0 aromatic heterocycles. The Kier molecular flexibility index (Phi) is 7.01. The Hall–Kier alpha value is -0.960. The van der Waals surface area contributed by atoms with Crippen LogP contribution in [-0.2, 0) is 11.2 Å². The lowest BCUT2D eigenvalue weighted by Crippen LogP contribution is -2.40. The predicted molar refractivity (Wildman–Crippen MR) is 99.8 cm³/mol. The number of rotatable bonds is 6. The fourth-order valence-corrected chi connectivity index (χ4v) is 4.17. The molecule has 0 bridgehead atoms. The largest absolute Gasteiger partial charge is 0.356 e. The minimum atomic E-state index is 0.206. The van der Waals surface area contributed by atoms with Gasteiger partial charge in [0.15, 0.2) is 0 Å². The molecule has 1 fully saturated rings. The van der Waals surface area contributed by atoms with Gasteiger partial charge in [0.25, 0.3) is 0 Å². The first-order valence-electron chi connectivity index (χ1n) is 8.92. The van der Waals surface area contributed by atoms with Gasteiger partial charge in [0.2, 0.25) is 5.91 Å². The second-order valence-corrected chi connectivity index (χ2v) is 8.20. The molecular formula is C20H31NOS. The number of amides is 1. The summed E-state index contributed by atoms with van der Waals surface area (Å²) >= 11 is 1.76. The molecule has 0 saturated heterocycles. The molecule has 1 aromatic rings. The van der Waals surface area contributed by atoms with Crippen LogP contribution in [0.1, 0.15) is 45.6 Å². The van der Waals surface area contributed by atoms with E-state index < -0.39 is 0 Å². The second-order valence-electron chi connectivity index (χ2n) is 7.32. The summed E-state index contributed by atoms with van der Waals surface area (Å²) in [5.74, 6) is 2.30. The minimum Gasteiger partial charge on any atom is -0.356 e. The van der Waals surface area contributed by atoms with Gasteiger partial charge in [-0.25, -0.2) is 0 Å². The summed E-state index contributed by atoms with van der Waals surface area (Å²) in [7, 11) is 0. The molecule has 1 N–H and O–H groups in total. The lowest BCUT2D eigenvalue weighted by molar-refractivity contribution is -0.129. The summed E-state index contributed by atoms with van der Waals surface area (Å²) < 4.78 is 0. The van der Waals surface area contributed by atoms with Crippen LogP contribution in [-0.4, -0.2) is 18.7 Å². The Morgan fingerprint density at radius 3 is 2.57 bits per heavy atom. The van der Waals surface area contributed by atoms with Crippen LogP contribution in [0.25, 0.3) is 0 Å². The molecule has 3 atom stereocenters. The van der Waals surface area contributed by atoms with Crippen molar-refractivity contribution in [1.29, 1.82) is 0 Å². The maximum atomic E-state index is 12.6. The molecule has 3 heteroatoms. The van der Waals surface area contributed by atoms with Crippen molar-refractivity contribution in [3.05, 3.63) is 29.8 Å². The number of benzene rings is 1. The van der Waals surface area contributed by atoms with Gasteiger partial charge in [-0.05, 0) is 61.0 Å². The van der Waals surface area contributed by atoms with Gasteiger partial charge in [-0.2, -0.15) is 0 Å².